The van der Waals surface area contributed by atoms with E-state index in [0.717, 1.165) is 0 Å². The summed E-state index contributed by atoms with van der Waals surface area (Å²) in [4.78, 5) is 8.47. The Hall–Kier alpha value is -1.53. The molecule has 0 saturated carbocycles. The summed E-state index contributed by atoms with van der Waals surface area (Å²) >= 11 is 0. The second-order valence-electron chi connectivity index (χ2n) is 0.708. The number of nitrogens with one attached hydrogen (secondary N) is 1. The number of nitrogens with zero attached hydrogens (tertiary/aromatic N) is 1. The standard InChI is InChI=1S/CH5N3.H2NO3/c2*2-1(3)4/h(H5,2,3,4);(H2,2,3,4)/q;+1. The first-order valence-electron chi connectivity index (χ1n) is 1.41. The highest BCUT2D eigenvalue weighted by Gasteiger charge is 1.78. The van der Waals surface area contributed by atoms with E-state index in [9.17, 15) is 0 Å². The maximum atomic E-state index is 8.47. The molecule has 8 heavy (non-hydrogen) atoms. The minimum absolute atomic E-state index is 0.333. The van der Waals surface area contributed by atoms with Gasteiger partial charge >= 0.3 is 5.09 Å². The fourth-order valence-electron chi connectivity index (χ4n) is 0. The molecule has 0 amide bonds. The minimum atomic E-state index is -1.25. The molecular formula is CH7N4O3+. The van der Waals surface area contributed by atoms with Gasteiger partial charge in [0.05, 0.1) is 0 Å². The fraction of sp³-hybridized carbons (Fsp3) is 0. The highest BCUT2D eigenvalue weighted by Crippen LogP contribution is 1.31. The van der Waals surface area contributed by atoms with Crippen LogP contribution in [0.1, 0.15) is 0 Å². The molecule has 7 heteroatoms. The third-order valence-electron chi connectivity index (χ3n) is 0. The summed E-state index contributed by atoms with van der Waals surface area (Å²) in [5, 5.41) is 18.6. The first kappa shape index (κ1) is 9.69. The lowest BCUT2D eigenvalue weighted by Crippen LogP contribution is -2.20. The van der Waals surface area contributed by atoms with Crippen molar-refractivity contribution in [3.05, 3.63) is 4.91 Å². The topological polar surface area (TPSA) is 136 Å². The maximum Gasteiger partial charge on any atom is 0.472 e. The van der Waals surface area contributed by atoms with Crippen LogP contribution in [0.2, 0.25) is 0 Å². The lowest BCUT2D eigenvalue weighted by Gasteiger charge is -1.69. The smallest absolute Gasteiger partial charge is 0.370 e. The van der Waals surface area contributed by atoms with Crippen molar-refractivity contribution in [2.75, 3.05) is 0 Å². The molecule has 48 valence electrons. The summed E-state index contributed by atoms with van der Waals surface area (Å²) in [6.07, 6.45) is 0. The lowest BCUT2D eigenvalue weighted by molar-refractivity contribution is -0.969. The summed E-state index contributed by atoms with van der Waals surface area (Å²) in [6, 6.07) is 0. The van der Waals surface area contributed by atoms with E-state index in [-0.39, 0.29) is 5.96 Å². The number of nitrogens with two attached hydrogens (primary N) is 2. The van der Waals surface area contributed by atoms with Crippen LogP contribution in [0, 0.1) is 10.3 Å². The molecule has 0 spiro atoms. The average Bonchev–Trinajstić information content (AvgIpc) is 1.25. The third-order valence-corrected chi connectivity index (χ3v) is 0. The molecule has 7 N–H and O–H groups in total. The predicted octanol–water partition coefficient (Wildman–Crippen LogP) is -1.62. The van der Waals surface area contributed by atoms with Gasteiger partial charge in [0.15, 0.2) is 5.96 Å². The molecule has 0 heterocycles. The van der Waals surface area contributed by atoms with E-state index in [0.29, 0.717) is 0 Å². The minimum Gasteiger partial charge on any atom is -0.370 e. The Labute approximate surface area is 44.5 Å². The molecule has 0 radical (unpaired) electrons. The van der Waals surface area contributed by atoms with E-state index in [2.05, 4.69) is 11.5 Å². The van der Waals surface area contributed by atoms with E-state index in [1.165, 1.54) is 0 Å². The van der Waals surface area contributed by atoms with Crippen molar-refractivity contribution in [1.82, 2.24) is 0 Å². The summed E-state index contributed by atoms with van der Waals surface area (Å²) in [6.45, 7) is 0. The molecule has 0 aliphatic carbocycles. The summed E-state index contributed by atoms with van der Waals surface area (Å²) < 4.78 is 0. The third kappa shape index (κ3) is 23.0. The normalized spacial score (nSPS) is 6.00. The number of rotatable bonds is 0. The molecule has 0 unspecified atom stereocenters. The molecule has 0 aliphatic rings. The van der Waals surface area contributed by atoms with Crippen LogP contribution in [0.25, 0.3) is 0 Å². The van der Waals surface area contributed by atoms with Crippen molar-refractivity contribution < 1.29 is 15.5 Å². The Bertz CT molecular complexity index is 69.3. The van der Waals surface area contributed by atoms with Gasteiger partial charge in [-0.05, 0) is 0 Å². The van der Waals surface area contributed by atoms with Crippen molar-refractivity contribution in [2.24, 2.45) is 11.5 Å². The fourth-order valence-corrected chi connectivity index (χ4v) is 0. The summed E-state index contributed by atoms with van der Waals surface area (Å²) in [5.74, 6) is -0.333. The first-order valence-corrected chi connectivity index (χ1v) is 1.41. The van der Waals surface area contributed by atoms with Crippen molar-refractivity contribution in [3.63, 3.8) is 0 Å². The highest BCUT2D eigenvalue weighted by atomic mass is 16.9. The Morgan fingerprint density at radius 3 is 1.50 bits per heavy atom. The molecule has 0 fully saturated rings. The van der Waals surface area contributed by atoms with Crippen LogP contribution in [0.15, 0.2) is 0 Å². The molecular weight excluding hydrogens is 116 g/mol. The summed E-state index contributed by atoms with van der Waals surface area (Å²) in [7, 11) is 0. The van der Waals surface area contributed by atoms with Gasteiger partial charge < -0.3 is 11.5 Å². The Morgan fingerprint density at radius 2 is 1.50 bits per heavy atom. The molecule has 0 rings (SSSR count). The summed E-state index contributed by atoms with van der Waals surface area (Å²) in [5.41, 5.74) is 8.94. The van der Waals surface area contributed by atoms with E-state index in [1.807, 2.05) is 0 Å². The lowest BCUT2D eigenvalue weighted by atomic mass is 11.1. The second kappa shape index (κ2) is 5.47. The second-order valence-corrected chi connectivity index (χ2v) is 0.708. The van der Waals surface area contributed by atoms with Crippen LogP contribution in [0.5, 0.6) is 0 Å². The monoisotopic (exact) mass is 123 g/mol. The maximum absolute atomic E-state index is 8.47. The zero-order chi connectivity index (χ0) is 7.15. The zero-order valence-electron chi connectivity index (χ0n) is 3.90. The number of hydrogen-bond donors (Lipinski definition) is 5. The molecule has 0 saturated heterocycles. The van der Waals surface area contributed by atoms with E-state index < -0.39 is 5.09 Å². The van der Waals surface area contributed by atoms with Crippen LogP contribution >= 0.6 is 0 Å². The number of hydrogen-bond acceptors (Lipinski definition) is 2. The zero-order valence-corrected chi connectivity index (χ0v) is 3.90. The molecule has 0 aromatic carbocycles. The quantitative estimate of drug-likeness (QED) is 0.150. The van der Waals surface area contributed by atoms with E-state index in [4.69, 9.17) is 20.7 Å². The van der Waals surface area contributed by atoms with E-state index >= 15 is 0 Å². The van der Waals surface area contributed by atoms with Gasteiger partial charge in [-0.3, -0.25) is 5.41 Å². The van der Waals surface area contributed by atoms with Gasteiger partial charge in [-0.2, -0.15) is 0 Å². The van der Waals surface area contributed by atoms with Crippen LogP contribution in [0.3, 0.4) is 0 Å². The molecule has 7 nitrogen and oxygen atoms in total. The molecule has 0 aromatic rings. The van der Waals surface area contributed by atoms with Gasteiger partial charge in [0.2, 0.25) is 0 Å². The average molecular weight is 123 g/mol. The van der Waals surface area contributed by atoms with Crippen LogP contribution in [-0.4, -0.2) is 21.5 Å². The van der Waals surface area contributed by atoms with Crippen LogP contribution < -0.4 is 11.5 Å². The van der Waals surface area contributed by atoms with Gasteiger partial charge in [0, 0.05) is 0 Å². The van der Waals surface area contributed by atoms with Crippen molar-refractivity contribution in [1.29, 1.82) is 5.41 Å². The molecule has 0 aromatic heterocycles. The van der Waals surface area contributed by atoms with Gasteiger partial charge in [0.1, 0.15) is 4.91 Å². The van der Waals surface area contributed by atoms with Gasteiger partial charge in [-0.1, -0.05) is 0 Å². The predicted molar refractivity (Wildman–Crippen MR) is 23.3 cm³/mol. The molecule has 0 aliphatic heterocycles. The van der Waals surface area contributed by atoms with Crippen molar-refractivity contribution >= 4 is 5.96 Å². The SMILES string of the molecule is N=C(N)N.O=[N+](O)O. The molecule has 0 atom stereocenters. The highest BCUT2D eigenvalue weighted by molar-refractivity contribution is 5.71. The van der Waals surface area contributed by atoms with Gasteiger partial charge in [-0.15, -0.1) is 0 Å². The van der Waals surface area contributed by atoms with E-state index in [1.54, 1.807) is 0 Å². The number of guanidine groups is 1. The van der Waals surface area contributed by atoms with Crippen molar-refractivity contribution in [2.45, 2.75) is 0 Å². The van der Waals surface area contributed by atoms with Crippen molar-refractivity contribution in [3.8, 4) is 0 Å². The van der Waals surface area contributed by atoms with Gasteiger partial charge in [0.25, 0.3) is 0 Å². The Morgan fingerprint density at radius 1 is 1.50 bits per heavy atom. The van der Waals surface area contributed by atoms with Gasteiger partial charge in [-0.25, -0.2) is 10.4 Å². The van der Waals surface area contributed by atoms with Crippen LogP contribution in [0.4, 0.5) is 0 Å². The Balaban J connectivity index is 0. The first-order chi connectivity index (χ1) is 3.46. The largest absolute Gasteiger partial charge is 0.472 e. The molecule has 0 bridgehead atoms. The van der Waals surface area contributed by atoms with Crippen LogP contribution in [-0.2, 0) is 0 Å². The Kier molecular flexibility index (Phi) is 6.62.